The zero-order valence-electron chi connectivity index (χ0n) is 33.3. The van der Waals surface area contributed by atoms with Gasteiger partial charge in [0.1, 0.15) is 18.1 Å². The molecule has 3 unspecified atom stereocenters. The summed E-state index contributed by atoms with van der Waals surface area (Å²) in [5.41, 5.74) is 5.61. The van der Waals surface area contributed by atoms with Crippen molar-refractivity contribution in [3.8, 4) is 0 Å². The minimum absolute atomic E-state index is 0.0512. The summed E-state index contributed by atoms with van der Waals surface area (Å²) < 4.78 is 0. The van der Waals surface area contributed by atoms with Crippen molar-refractivity contribution in [1.82, 2.24) is 15.5 Å². The molecule has 0 bridgehead atoms. The highest BCUT2D eigenvalue weighted by molar-refractivity contribution is 6.05. The fraction of sp³-hybridized carbons (Fsp3) is 0.825. The van der Waals surface area contributed by atoms with Crippen LogP contribution in [-0.2, 0) is 33.6 Å². The van der Waals surface area contributed by atoms with Crippen molar-refractivity contribution in [3.05, 3.63) is 0 Å². The molecule has 14 nitrogen and oxygen atoms in total. The average molecular weight is 769 g/mol. The number of carbonyl (C=O) groups is 7. The first kappa shape index (κ1) is 50.5. The number of hydrogen-bond donors (Lipinski definition) is 6. The highest BCUT2D eigenvalue weighted by atomic mass is 16.4. The molecule has 0 radical (unpaired) electrons. The minimum atomic E-state index is -1.74. The van der Waals surface area contributed by atoms with Crippen molar-refractivity contribution in [2.24, 2.45) is 5.73 Å². The summed E-state index contributed by atoms with van der Waals surface area (Å²) >= 11 is 0. The molecule has 7 N–H and O–H groups in total. The van der Waals surface area contributed by atoms with E-state index in [4.69, 9.17) is 5.73 Å². The first-order valence-electron chi connectivity index (χ1n) is 20.7. The maximum absolute atomic E-state index is 14.2. The molecular weight excluding hydrogens is 696 g/mol. The van der Waals surface area contributed by atoms with Gasteiger partial charge in [0.25, 0.3) is 11.8 Å². The second kappa shape index (κ2) is 32.8. The van der Waals surface area contributed by atoms with Crippen LogP contribution in [-0.4, -0.2) is 86.4 Å². The number of carboxylic acid groups (broad SMARTS) is 3. The summed E-state index contributed by atoms with van der Waals surface area (Å²) in [4.78, 5) is 90.7. The van der Waals surface area contributed by atoms with E-state index < -0.39 is 85.3 Å². The maximum Gasteiger partial charge on any atom is 0.326 e. The van der Waals surface area contributed by atoms with Crippen molar-refractivity contribution in [2.75, 3.05) is 6.54 Å². The van der Waals surface area contributed by atoms with Gasteiger partial charge in [-0.15, -0.1) is 0 Å². The van der Waals surface area contributed by atoms with E-state index in [-0.39, 0.29) is 32.2 Å². The molecule has 0 spiro atoms. The molecule has 3 atom stereocenters. The van der Waals surface area contributed by atoms with Gasteiger partial charge in [-0.2, -0.15) is 0 Å². The molecule has 0 aromatic carbocycles. The number of nitrogens with one attached hydrogen (secondary N) is 2. The Hall–Kier alpha value is -3.55. The minimum Gasteiger partial charge on any atom is -0.481 e. The molecule has 4 amide bonds. The number of carbonyl (C=O) groups excluding carboxylic acids is 4. The molecule has 0 saturated heterocycles. The quantitative estimate of drug-likeness (QED) is 0.0378. The first-order chi connectivity index (χ1) is 25.9. The van der Waals surface area contributed by atoms with E-state index in [1.165, 1.54) is 51.4 Å². The zero-order valence-corrected chi connectivity index (χ0v) is 33.3. The summed E-state index contributed by atoms with van der Waals surface area (Å²) in [5.74, 6) is -7.39. The average Bonchev–Trinajstić information content (AvgIpc) is 3.12. The fourth-order valence-corrected chi connectivity index (χ4v) is 6.37. The predicted molar refractivity (Wildman–Crippen MR) is 207 cm³/mol. The molecule has 0 aliphatic heterocycles. The van der Waals surface area contributed by atoms with Crippen molar-refractivity contribution in [3.63, 3.8) is 0 Å². The lowest BCUT2D eigenvalue weighted by molar-refractivity contribution is -0.161. The maximum atomic E-state index is 14.2. The number of amides is 4. The van der Waals surface area contributed by atoms with Gasteiger partial charge in [0, 0.05) is 25.7 Å². The van der Waals surface area contributed by atoms with Crippen LogP contribution in [0.1, 0.15) is 187 Å². The molecule has 54 heavy (non-hydrogen) atoms. The van der Waals surface area contributed by atoms with Gasteiger partial charge in [-0.25, -0.2) is 4.79 Å². The van der Waals surface area contributed by atoms with Gasteiger partial charge in [-0.05, 0) is 51.5 Å². The van der Waals surface area contributed by atoms with Crippen LogP contribution in [0, 0.1) is 0 Å². The summed E-state index contributed by atoms with van der Waals surface area (Å²) in [7, 11) is 0. The van der Waals surface area contributed by atoms with E-state index in [1.807, 2.05) is 0 Å². The normalized spacial score (nSPS) is 12.7. The van der Waals surface area contributed by atoms with Crippen LogP contribution in [0.4, 0.5) is 0 Å². The summed E-state index contributed by atoms with van der Waals surface area (Å²) in [5, 5.41) is 34.2. The largest absolute Gasteiger partial charge is 0.481 e. The van der Waals surface area contributed by atoms with E-state index in [0.29, 0.717) is 24.2 Å². The predicted octanol–water partition coefficient (Wildman–Crippen LogP) is 6.46. The van der Waals surface area contributed by atoms with Crippen LogP contribution in [0.25, 0.3) is 0 Å². The number of aliphatic carboxylic acids is 3. The fourth-order valence-electron chi connectivity index (χ4n) is 6.37. The van der Waals surface area contributed by atoms with Crippen molar-refractivity contribution >= 4 is 41.5 Å². The molecule has 0 fully saturated rings. The third-order valence-corrected chi connectivity index (χ3v) is 9.58. The van der Waals surface area contributed by atoms with Gasteiger partial charge in [0.05, 0.1) is 0 Å². The van der Waals surface area contributed by atoms with Crippen LogP contribution < -0.4 is 16.4 Å². The molecule has 0 aromatic rings. The van der Waals surface area contributed by atoms with Gasteiger partial charge in [0.2, 0.25) is 11.8 Å². The molecule has 0 aromatic heterocycles. The topological polar surface area (TPSA) is 233 Å². The standard InChI is InChI=1S/C40H72N4O10/c1-3-5-7-9-11-13-15-17-19-24-34(45)42-31(26-28-36(47)48)38(51)44(33(40(53)54)23-21-22-30-41)39(52)32(27-29-37(49)50)43-35(46)25-20-18-16-14-12-10-8-6-4-2/h31-33H,3-30,41H2,1-2H3,(H,42,45)(H,43,46)(H,47,48)(H,49,50)(H,53,54). The van der Waals surface area contributed by atoms with Crippen molar-refractivity contribution in [2.45, 2.75) is 205 Å². The van der Waals surface area contributed by atoms with E-state index in [2.05, 4.69) is 24.5 Å². The second-order valence-corrected chi connectivity index (χ2v) is 14.4. The second-order valence-electron chi connectivity index (χ2n) is 14.4. The first-order valence-corrected chi connectivity index (χ1v) is 20.7. The van der Waals surface area contributed by atoms with Gasteiger partial charge in [-0.3, -0.25) is 33.7 Å². The number of hydrogen-bond acceptors (Lipinski definition) is 8. The summed E-state index contributed by atoms with van der Waals surface area (Å²) in [6, 6.07) is -4.84. The smallest absolute Gasteiger partial charge is 0.326 e. The van der Waals surface area contributed by atoms with Crippen LogP contribution >= 0.6 is 0 Å². The monoisotopic (exact) mass is 769 g/mol. The summed E-state index contributed by atoms with van der Waals surface area (Å²) in [6.07, 6.45) is 16.9. The van der Waals surface area contributed by atoms with E-state index in [0.717, 1.165) is 51.4 Å². The Morgan fingerprint density at radius 1 is 0.481 bits per heavy atom. The molecule has 0 heterocycles. The highest BCUT2D eigenvalue weighted by Crippen LogP contribution is 2.19. The van der Waals surface area contributed by atoms with Gasteiger partial charge >= 0.3 is 17.9 Å². The highest BCUT2D eigenvalue weighted by Gasteiger charge is 2.41. The lowest BCUT2D eigenvalue weighted by atomic mass is 10.0. The number of rotatable bonds is 36. The Morgan fingerprint density at radius 2 is 0.833 bits per heavy atom. The van der Waals surface area contributed by atoms with Crippen LogP contribution in [0.5, 0.6) is 0 Å². The van der Waals surface area contributed by atoms with Crippen LogP contribution in [0.15, 0.2) is 0 Å². The Balaban J connectivity index is 6.01. The number of nitrogens with two attached hydrogens (primary N) is 1. The Labute approximate surface area is 323 Å². The van der Waals surface area contributed by atoms with Gasteiger partial charge in [0.15, 0.2) is 0 Å². The number of unbranched alkanes of at least 4 members (excludes halogenated alkanes) is 17. The number of nitrogens with zero attached hydrogens (tertiary/aromatic N) is 1. The SMILES string of the molecule is CCCCCCCCCCCC(=O)NC(CCC(=O)O)C(=O)N(C(=O)C(CCC(=O)O)NC(=O)CCCCCCCCCCC)C(CCCCN)C(=O)O. The lowest BCUT2D eigenvalue weighted by Crippen LogP contribution is -2.60. The van der Waals surface area contributed by atoms with E-state index in [1.54, 1.807) is 0 Å². The van der Waals surface area contributed by atoms with Crippen LogP contribution in [0.2, 0.25) is 0 Å². The Morgan fingerprint density at radius 3 is 1.15 bits per heavy atom. The van der Waals surface area contributed by atoms with E-state index >= 15 is 0 Å². The molecule has 0 rings (SSSR count). The molecular formula is C40H72N4O10. The molecule has 0 aliphatic rings. The number of imide groups is 1. The third kappa shape index (κ3) is 25.5. The Kier molecular flexibility index (Phi) is 30.7. The van der Waals surface area contributed by atoms with Gasteiger partial charge in [-0.1, -0.05) is 117 Å². The molecule has 0 aliphatic carbocycles. The van der Waals surface area contributed by atoms with Gasteiger partial charge < -0.3 is 31.7 Å². The number of carboxylic acids is 3. The summed E-state index contributed by atoms with van der Waals surface area (Å²) in [6.45, 7) is 4.54. The lowest BCUT2D eigenvalue weighted by Gasteiger charge is -2.33. The molecule has 312 valence electrons. The zero-order chi connectivity index (χ0) is 40.6. The Bertz CT molecular complexity index is 1030. The molecule has 14 heteroatoms. The van der Waals surface area contributed by atoms with Crippen molar-refractivity contribution in [1.29, 1.82) is 0 Å². The third-order valence-electron chi connectivity index (χ3n) is 9.58. The van der Waals surface area contributed by atoms with Crippen molar-refractivity contribution < 1.29 is 48.9 Å². The van der Waals surface area contributed by atoms with E-state index in [9.17, 15) is 48.9 Å². The molecule has 0 saturated carbocycles. The van der Waals surface area contributed by atoms with Crippen LogP contribution in [0.3, 0.4) is 0 Å².